The summed E-state index contributed by atoms with van der Waals surface area (Å²) < 4.78 is 32.3. The number of carbonyl (C=O) groups is 2. The second-order valence-electron chi connectivity index (χ2n) is 6.06. The third-order valence-electron chi connectivity index (χ3n) is 2.95. The summed E-state index contributed by atoms with van der Waals surface area (Å²) in [6.07, 6.45) is -1.07. The van der Waals surface area contributed by atoms with Crippen LogP contribution in [0.2, 0.25) is 0 Å². The molecule has 0 aliphatic carbocycles. The van der Waals surface area contributed by atoms with Gasteiger partial charge < -0.3 is 9.64 Å². The number of amides is 1. The minimum absolute atomic E-state index is 0.000162. The first kappa shape index (κ1) is 15.9. The van der Waals surface area contributed by atoms with Gasteiger partial charge in [-0.3, -0.25) is 4.79 Å². The highest BCUT2D eigenvalue weighted by atomic mass is 19.3. The van der Waals surface area contributed by atoms with E-state index in [1.165, 1.54) is 6.92 Å². The maximum Gasteiger partial charge on any atom is 0.410 e. The van der Waals surface area contributed by atoms with Gasteiger partial charge in [0.2, 0.25) is 0 Å². The molecule has 1 saturated heterocycles. The Balaban J connectivity index is 2.83. The number of rotatable bonds is 1. The van der Waals surface area contributed by atoms with Crippen molar-refractivity contribution in [3.05, 3.63) is 0 Å². The fraction of sp³-hybridized carbons (Fsp3) is 0.846. The van der Waals surface area contributed by atoms with Crippen molar-refractivity contribution in [2.45, 2.75) is 52.1 Å². The number of hydrogen-bond donors (Lipinski definition) is 0. The van der Waals surface area contributed by atoms with Crippen LogP contribution in [0.4, 0.5) is 13.6 Å². The van der Waals surface area contributed by atoms with Crippen molar-refractivity contribution in [1.82, 2.24) is 4.90 Å². The van der Waals surface area contributed by atoms with Gasteiger partial charge in [0, 0.05) is 18.9 Å². The van der Waals surface area contributed by atoms with Crippen molar-refractivity contribution >= 4 is 11.9 Å². The Kier molecular flexibility index (Phi) is 4.53. The molecule has 1 aliphatic heterocycles. The maximum atomic E-state index is 13.6. The fourth-order valence-electron chi connectivity index (χ4n) is 1.96. The predicted molar refractivity (Wildman–Crippen MR) is 66.2 cm³/mol. The fourth-order valence-corrected chi connectivity index (χ4v) is 1.96. The third-order valence-corrected chi connectivity index (χ3v) is 2.95. The molecule has 4 nitrogen and oxygen atoms in total. The van der Waals surface area contributed by atoms with E-state index in [4.69, 9.17) is 4.74 Å². The molecule has 1 atom stereocenters. The van der Waals surface area contributed by atoms with Gasteiger partial charge in [-0.1, -0.05) is 0 Å². The number of likely N-dealkylation sites (tertiary alicyclic amines) is 1. The highest BCUT2D eigenvalue weighted by Gasteiger charge is 2.40. The predicted octanol–water partition coefficient (Wildman–Crippen LogP) is 2.86. The molecule has 0 radical (unpaired) electrons. The molecule has 0 N–H and O–H groups in total. The number of ether oxygens (including phenoxy) is 1. The topological polar surface area (TPSA) is 46.6 Å². The van der Waals surface area contributed by atoms with Crippen LogP contribution in [-0.4, -0.2) is 41.4 Å². The molecule has 1 heterocycles. The normalized spacial score (nSPS) is 23.7. The summed E-state index contributed by atoms with van der Waals surface area (Å²) in [5.41, 5.74) is -0.746. The number of halogens is 2. The number of hydrogen-bond acceptors (Lipinski definition) is 3. The molecule has 0 saturated carbocycles. The Morgan fingerprint density at radius 1 is 1.32 bits per heavy atom. The van der Waals surface area contributed by atoms with Crippen LogP contribution in [0.25, 0.3) is 0 Å². The molecular weight excluding hydrogens is 256 g/mol. The number of alkyl halides is 2. The van der Waals surface area contributed by atoms with Gasteiger partial charge in [0.25, 0.3) is 5.92 Å². The molecule has 0 aromatic carbocycles. The van der Waals surface area contributed by atoms with Gasteiger partial charge in [-0.15, -0.1) is 0 Å². The lowest BCUT2D eigenvalue weighted by Gasteiger charge is -2.29. The molecular formula is C13H21F2NO3. The van der Waals surface area contributed by atoms with Crippen molar-refractivity contribution in [2.75, 3.05) is 13.1 Å². The molecule has 0 spiro atoms. The average molecular weight is 277 g/mol. The van der Waals surface area contributed by atoms with Crippen LogP contribution in [0.5, 0.6) is 0 Å². The van der Waals surface area contributed by atoms with E-state index >= 15 is 0 Å². The molecule has 1 unspecified atom stereocenters. The minimum Gasteiger partial charge on any atom is -0.444 e. The van der Waals surface area contributed by atoms with Crippen LogP contribution in [0.15, 0.2) is 0 Å². The molecule has 0 bridgehead atoms. The molecule has 110 valence electrons. The van der Waals surface area contributed by atoms with Crippen molar-refractivity contribution in [1.29, 1.82) is 0 Å². The quantitative estimate of drug-likeness (QED) is 0.740. The summed E-state index contributed by atoms with van der Waals surface area (Å²) in [7, 11) is 0. The highest BCUT2D eigenvalue weighted by molar-refractivity contribution is 5.79. The van der Waals surface area contributed by atoms with Crippen molar-refractivity contribution in [3.63, 3.8) is 0 Å². The van der Waals surface area contributed by atoms with Crippen LogP contribution < -0.4 is 0 Å². The largest absolute Gasteiger partial charge is 0.444 e. The van der Waals surface area contributed by atoms with Gasteiger partial charge in [0.1, 0.15) is 11.4 Å². The Hall–Kier alpha value is -1.20. The second kappa shape index (κ2) is 5.43. The molecule has 6 heteroatoms. The highest BCUT2D eigenvalue weighted by Crippen LogP contribution is 2.30. The van der Waals surface area contributed by atoms with Crippen LogP contribution >= 0.6 is 0 Å². The first-order chi connectivity index (χ1) is 8.50. The van der Waals surface area contributed by atoms with E-state index in [1.54, 1.807) is 20.8 Å². The first-order valence-corrected chi connectivity index (χ1v) is 6.36. The zero-order chi connectivity index (χ0) is 14.8. The van der Waals surface area contributed by atoms with Crippen LogP contribution in [-0.2, 0) is 9.53 Å². The smallest absolute Gasteiger partial charge is 0.410 e. The van der Waals surface area contributed by atoms with Crippen LogP contribution in [0.3, 0.4) is 0 Å². The average Bonchev–Trinajstić information content (AvgIpc) is 2.34. The number of Topliss-reactive ketones (excluding diaryl/α,β-unsaturated/α-hetero) is 1. The Morgan fingerprint density at radius 2 is 1.89 bits per heavy atom. The SMILES string of the molecule is CC(=O)C1CCC(F)(F)CN(C(=O)OC(C)(C)C)C1. The Bertz CT molecular complexity index is 363. The summed E-state index contributed by atoms with van der Waals surface area (Å²) in [4.78, 5) is 24.2. The Morgan fingerprint density at radius 3 is 2.37 bits per heavy atom. The number of nitrogens with zero attached hydrogens (tertiary/aromatic N) is 1. The number of carbonyl (C=O) groups excluding carboxylic acids is 2. The first-order valence-electron chi connectivity index (χ1n) is 6.36. The molecule has 0 aromatic heterocycles. The van der Waals surface area contributed by atoms with Crippen molar-refractivity contribution in [2.24, 2.45) is 5.92 Å². The molecule has 19 heavy (non-hydrogen) atoms. The zero-order valence-electron chi connectivity index (χ0n) is 11.8. The molecule has 1 aliphatic rings. The van der Waals surface area contributed by atoms with E-state index in [2.05, 4.69) is 0 Å². The lowest BCUT2D eigenvalue weighted by molar-refractivity contribution is -0.121. The van der Waals surface area contributed by atoms with Crippen molar-refractivity contribution in [3.8, 4) is 0 Å². The van der Waals surface area contributed by atoms with E-state index in [-0.39, 0.29) is 25.2 Å². The summed E-state index contributed by atoms with van der Waals surface area (Å²) in [5.74, 6) is -3.69. The summed E-state index contributed by atoms with van der Waals surface area (Å²) >= 11 is 0. The van der Waals surface area contributed by atoms with Gasteiger partial charge in [-0.05, 0) is 34.1 Å². The summed E-state index contributed by atoms with van der Waals surface area (Å²) in [6.45, 7) is 5.68. The van der Waals surface area contributed by atoms with Crippen LogP contribution in [0, 0.1) is 5.92 Å². The van der Waals surface area contributed by atoms with E-state index in [0.29, 0.717) is 0 Å². The maximum absolute atomic E-state index is 13.6. The van der Waals surface area contributed by atoms with Crippen LogP contribution in [0.1, 0.15) is 40.5 Å². The second-order valence-corrected chi connectivity index (χ2v) is 6.06. The van der Waals surface area contributed by atoms with Crippen molar-refractivity contribution < 1.29 is 23.1 Å². The molecule has 1 rings (SSSR count). The monoisotopic (exact) mass is 277 g/mol. The van der Waals surface area contributed by atoms with Gasteiger partial charge in [0.15, 0.2) is 0 Å². The summed E-state index contributed by atoms with van der Waals surface area (Å²) in [5, 5.41) is 0. The van der Waals surface area contributed by atoms with E-state index in [9.17, 15) is 18.4 Å². The standard InChI is InChI=1S/C13H21F2NO3/c1-9(17)10-5-6-13(14,15)8-16(7-10)11(18)19-12(2,3)4/h10H,5-8H2,1-4H3. The van der Waals surface area contributed by atoms with E-state index in [1.807, 2.05) is 0 Å². The van der Waals surface area contributed by atoms with E-state index in [0.717, 1.165) is 4.90 Å². The molecule has 0 aromatic rings. The lowest BCUT2D eigenvalue weighted by atomic mass is 9.99. The zero-order valence-corrected chi connectivity index (χ0v) is 11.8. The van der Waals surface area contributed by atoms with Gasteiger partial charge in [-0.2, -0.15) is 0 Å². The van der Waals surface area contributed by atoms with E-state index < -0.39 is 30.1 Å². The summed E-state index contributed by atoms with van der Waals surface area (Å²) in [6, 6.07) is 0. The lowest BCUT2D eigenvalue weighted by Crippen LogP contribution is -2.43. The van der Waals surface area contributed by atoms with Gasteiger partial charge in [0.05, 0.1) is 6.54 Å². The van der Waals surface area contributed by atoms with Gasteiger partial charge >= 0.3 is 6.09 Å². The third kappa shape index (κ3) is 5.12. The molecule has 1 fully saturated rings. The van der Waals surface area contributed by atoms with Gasteiger partial charge in [-0.25, -0.2) is 13.6 Å². The Labute approximate surface area is 112 Å². The minimum atomic E-state index is -2.97. The molecule has 1 amide bonds. The number of ketones is 1.